The smallest absolute Gasteiger partial charge is 0.258 e. The maximum atomic E-state index is 11.4. The molecule has 3 N–H and O–H groups in total. The van der Waals surface area contributed by atoms with Gasteiger partial charge in [-0.3, -0.25) is 9.59 Å². The summed E-state index contributed by atoms with van der Waals surface area (Å²) in [5, 5.41) is 11.2. The molecule has 0 saturated heterocycles. The van der Waals surface area contributed by atoms with Gasteiger partial charge in [0.25, 0.3) is 5.91 Å². The summed E-state index contributed by atoms with van der Waals surface area (Å²) < 4.78 is 10.1. The molecule has 7 heteroatoms. The number of nitrogens with one attached hydrogen (secondary N) is 1. The van der Waals surface area contributed by atoms with Crippen LogP contribution >= 0.6 is 0 Å². The number of nitrogens with two attached hydrogens (primary N) is 1. The van der Waals surface area contributed by atoms with E-state index in [2.05, 4.69) is 5.32 Å². The second-order valence-electron chi connectivity index (χ2n) is 3.79. The van der Waals surface area contributed by atoms with Gasteiger partial charge in [0.1, 0.15) is 12.4 Å². The number of carbonyl (C=O) groups excluding carboxylic acids is 2. The minimum absolute atomic E-state index is 0.137. The number of nitriles is 1. The second-order valence-corrected chi connectivity index (χ2v) is 3.79. The SMILES string of the molecule is N#Cc1ccc(OCC(=O)NCCOCC(N)=O)cc1. The molecule has 106 valence electrons. The third kappa shape index (κ3) is 6.37. The van der Waals surface area contributed by atoms with Crippen LogP contribution < -0.4 is 15.8 Å². The molecule has 0 fully saturated rings. The number of rotatable bonds is 8. The van der Waals surface area contributed by atoms with Crippen molar-refractivity contribution in [3.63, 3.8) is 0 Å². The van der Waals surface area contributed by atoms with Gasteiger partial charge in [0, 0.05) is 6.54 Å². The predicted molar refractivity (Wildman–Crippen MR) is 69.7 cm³/mol. The van der Waals surface area contributed by atoms with Crippen molar-refractivity contribution >= 4 is 11.8 Å². The highest BCUT2D eigenvalue weighted by atomic mass is 16.5. The van der Waals surface area contributed by atoms with Crippen molar-refractivity contribution in [2.24, 2.45) is 5.73 Å². The van der Waals surface area contributed by atoms with E-state index in [1.54, 1.807) is 24.3 Å². The first-order valence-corrected chi connectivity index (χ1v) is 5.87. The van der Waals surface area contributed by atoms with Crippen LogP contribution in [0.4, 0.5) is 0 Å². The van der Waals surface area contributed by atoms with E-state index in [1.807, 2.05) is 6.07 Å². The molecule has 0 saturated carbocycles. The molecule has 0 unspecified atom stereocenters. The van der Waals surface area contributed by atoms with Crippen LogP contribution in [0.3, 0.4) is 0 Å². The van der Waals surface area contributed by atoms with Gasteiger partial charge in [0.15, 0.2) is 6.61 Å². The molecule has 0 bridgehead atoms. The molecular formula is C13H15N3O4. The van der Waals surface area contributed by atoms with Crippen LogP contribution in [0.2, 0.25) is 0 Å². The Balaban J connectivity index is 2.16. The highest BCUT2D eigenvalue weighted by Crippen LogP contribution is 2.10. The zero-order valence-corrected chi connectivity index (χ0v) is 10.8. The lowest BCUT2D eigenvalue weighted by molar-refractivity contribution is -0.123. The Hall–Kier alpha value is -2.59. The molecule has 1 aromatic carbocycles. The number of nitrogens with zero attached hydrogens (tertiary/aromatic N) is 1. The van der Waals surface area contributed by atoms with Gasteiger partial charge >= 0.3 is 0 Å². The lowest BCUT2D eigenvalue weighted by atomic mass is 10.2. The van der Waals surface area contributed by atoms with Crippen LogP contribution in [-0.2, 0) is 14.3 Å². The van der Waals surface area contributed by atoms with Crippen LogP contribution in [-0.4, -0.2) is 38.2 Å². The molecule has 0 atom stereocenters. The number of hydrogen-bond donors (Lipinski definition) is 2. The van der Waals surface area contributed by atoms with Crippen molar-refractivity contribution in [1.29, 1.82) is 5.26 Å². The van der Waals surface area contributed by atoms with Gasteiger partial charge in [-0.05, 0) is 24.3 Å². The van der Waals surface area contributed by atoms with Crippen molar-refractivity contribution in [2.45, 2.75) is 0 Å². The van der Waals surface area contributed by atoms with Crippen LogP contribution in [0.25, 0.3) is 0 Å². The maximum Gasteiger partial charge on any atom is 0.258 e. The highest BCUT2D eigenvalue weighted by molar-refractivity contribution is 5.77. The minimum atomic E-state index is -0.555. The van der Waals surface area contributed by atoms with Crippen LogP contribution in [0.5, 0.6) is 5.75 Å². The fourth-order valence-corrected chi connectivity index (χ4v) is 1.26. The van der Waals surface area contributed by atoms with E-state index in [9.17, 15) is 9.59 Å². The Morgan fingerprint density at radius 2 is 1.95 bits per heavy atom. The van der Waals surface area contributed by atoms with Crippen molar-refractivity contribution in [2.75, 3.05) is 26.4 Å². The zero-order chi connectivity index (χ0) is 14.8. The van der Waals surface area contributed by atoms with E-state index in [0.29, 0.717) is 11.3 Å². The number of benzene rings is 1. The van der Waals surface area contributed by atoms with Crippen molar-refractivity contribution < 1.29 is 19.1 Å². The van der Waals surface area contributed by atoms with Crippen molar-refractivity contribution in [3.8, 4) is 11.8 Å². The highest BCUT2D eigenvalue weighted by Gasteiger charge is 2.02. The van der Waals surface area contributed by atoms with Gasteiger partial charge in [0.05, 0.1) is 18.2 Å². The van der Waals surface area contributed by atoms with Gasteiger partial charge in [0.2, 0.25) is 5.91 Å². The van der Waals surface area contributed by atoms with E-state index < -0.39 is 5.91 Å². The normalized spacial score (nSPS) is 9.55. The molecule has 0 aromatic heterocycles. The van der Waals surface area contributed by atoms with Gasteiger partial charge in [-0.25, -0.2) is 0 Å². The fourth-order valence-electron chi connectivity index (χ4n) is 1.26. The summed E-state index contributed by atoms with van der Waals surface area (Å²) in [5.41, 5.74) is 5.40. The Bertz CT molecular complexity index is 493. The standard InChI is InChI=1S/C13H15N3O4/c14-7-10-1-3-11(4-2-10)20-9-13(18)16-5-6-19-8-12(15)17/h1-4H,5-6,8-9H2,(H2,15,17)(H,16,18). The van der Waals surface area contributed by atoms with Crippen LogP contribution in [0.1, 0.15) is 5.56 Å². The van der Waals surface area contributed by atoms with Crippen LogP contribution in [0.15, 0.2) is 24.3 Å². The molecule has 1 aromatic rings. The second kappa shape index (κ2) is 8.50. The number of amides is 2. The molecule has 7 nitrogen and oxygen atoms in total. The third-order valence-electron chi connectivity index (χ3n) is 2.17. The Morgan fingerprint density at radius 3 is 2.55 bits per heavy atom. The molecule has 0 radical (unpaired) electrons. The first kappa shape index (κ1) is 15.5. The summed E-state index contributed by atoms with van der Waals surface area (Å²) >= 11 is 0. The largest absolute Gasteiger partial charge is 0.484 e. The number of hydrogen-bond acceptors (Lipinski definition) is 5. The molecule has 2 amide bonds. The molecule has 20 heavy (non-hydrogen) atoms. The van der Waals surface area contributed by atoms with E-state index in [-0.39, 0.29) is 32.3 Å². The molecule has 0 heterocycles. The summed E-state index contributed by atoms with van der Waals surface area (Å²) in [6.45, 7) is 0.160. The monoisotopic (exact) mass is 277 g/mol. The number of carbonyl (C=O) groups is 2. The van der Waals surface area contributed by atoms with Gasteiger partial charge < -0.3 is 20.5 Å². The third-order valence-corrected chi connectivity index (χ3v) is 2.17. The Labute approximate surface area is 116 Å². The average Bonchev–Trinajstić information content (AvgIpc) is 2.45. The van der Waals surface area contributed by atoms with Gasteiger partial charge in [-0.1, -0.05) is 0 Å². The average molecular weight is 277 g/mol. The van der Waals surface area contributed by atoms with Crippen molar-refractivity contribution in [1.82, 2.24) is 5.32 Å². The van der Waals surface area contributed by atoms with Gasteiger partial charge in [-0.15, -0.1) is 0 Å². The predicted octanol–water partition coefficient (Wildman–Crippen LogP) is -0.445. The molecule has 0 aliphatic heterocycles. The Kier molecular flexibility index (Phi) is 6.57. The quantitative estimate of drug-likeness (QED) is 0.625. The summed E-state index contributed by atoms with van der Waals surface area (Å²) in [5.74, 6) is -0.360. The molecule has 0 aliphatic rings. The number of ether oxygens (including phenoxy) is 2. The van der Waals surface area contributed by atoms with E-state index in [4.69, 9.17) is 20.5 Å². The molecule has 0 aliphatic carbocycles. The maximum absolute atomic E-state index is 11.4. The minimum Gasteiger partial charge on any atom is -0.484 e. The first-order chi connectivity index (χ1) is 9.61. The summed E-state index contributed by atoms with van der Waals surface area (Å²) in [4.78, 5) is 21.8. The summed E-state index contributed by atoms with van der Waals surface area (Å²) in [6.07, 6.45) is 0. The lowest BCUT2D eigenvalue weighted by Gasteiger charge is -2.07. The fraction of sp³-hybridized carbons (Fsp3) is 0.308. The van der Waals surface area contributed by atoms with Gasteiger partial charge in [-0.2, -0.15) is 5.26 Å². The summed E-state index contributed by atoms with van der Waals surface area (Å²) in [6, 6.07) is 8.42. The van der Waals surface area contributed by atoms with E-state index >= 15 is 0 Å². The molecular weight excluding hydrogens is 262 g/mol. The number of primary amides is 1. The lowest BCUT2D eigenvalue weighted by Crippen LogP contribution is -2.32. The van der Waals surface area contributed by atoms with Crippen LogP contribution in [0, 0.1) is 11.3 Å². The topological polar surface area (TPSA) is 114 Å². The zero-order valence-electron chi connectivity index (χ0n) is 10.8. The molecule has 0 spiro atoms. The summed E-state index contributed by atoms with van der Waals surface area (Å²) in [7, 11) is 0. The van der Waals surface area contributed by atoms with E-state index in [1.165, 1.54) is 0 Å². The van der Waals surface area contributed by atoms with Crippen molar-refractivity contribution in [3.05, 3.63) is 29.8 Å². The van der Waals surface area contributed by atoms with E-state index in [0.717, 1.165) is 0 Å². The first-order valence-electron chi connectivity index (χ1n) is 5.87. The molecule has 1 rings (SSSR count). The Morgan fingerprint density at radius 1 is 1.25 bits per heavy atom.